The van der Waals surface area contributed by atoms with Crippen LogP contribution < -0.4 is 10.5 Å². The van der Waals surface area contributed by atoms with Gasteiger partial charge in [-0.1, -0.05) is 28.1 Å². The number of nitrogens with two attached hydrogens (primary N) is 1. The first-order valence-corrected chi connectivity index (χ1v) is 8.25. The van der Waals surface area contributed by atoms with Gasteiger partial charge in [0, 0.05) is 15.7 Å². The number of benzene rings is 2. The van der Waals surface area contributed by atoms with Crippen LogP contribution in [-0.4, -0.2) is 13.4 Å². The molecule has 0 bridgehead atoms. The van der Waals surface area contributed by atoms with Gasteiger partial charge in [-0.3, -0.25) is 4.72 Å². The number of hydrogen-bond donors (Lipinski definition) is 2. The standard InChI is InChI=1S/C13H11BrN2O2S2/c14-10-3-7-12(8-4-10)20(17,18)16-11-5-1-9(2-6-11)13(15)19/h1-8,16H,(H2,15,19). The third-order valence-corrected chi connectivity index (χ3v) is 4.71. The van der Waals surface area contributed by atoms with E-state index in [-0.39, 0.29) is 9.88 Å². The molecule has 3 N–H and O–H groups in total. The minimum absolute atomic E-state index is 0.194. The van der Waals surface area contributed by atoms with Crippen LogP contribution in [0.5, 0.6) is 0 Å². The van der Waals surface area contributed by atoms with Crippen molar-refractivity contribution < 1.29 is 8.42 Å². The average molecular weight is 371 g/mol. The van der Waals surface area contributed by atoms with Gasteiger partial charge in [0.1, 0.15) is 4.99 Å². The van der Waals surface area contributed by atoms with E-state index in [1.165, 1.54) is 12.1 Å². The molecule has 0 saturated carbocycles. The lowest BCUT2D eigenvalue weighted by Gasteiger charge is -2.08. The first kappa shape index (κ1) is 15.0. The van der Waals surface area contributed by atoms with Crippen LogP contribution in [0.1, 0.15) is 5.56 Å². The molecule has 0 aliphatic carbocycles. The SMILES string of the molecule is NC(=S)c1ccc(NS(=O)(=O)c2ccc(Br)cc2)cc1. The maximum atomic E-state index is 12.2. The minimum atomic E-state index is -3.60. The van der Waals surface area contributed by atoms with Crippen molar-refractivity contribution in [3.05, 3.63) is 58.6 Å². The molecule has 20 heavy (non-hydrogen) atoms. The lowest BCUT2D eigenvalue weighted by molar-refractivity contribution is 0.601. The van der Waals surface area contributed by atoms with Crippen LogP contribution in [0.3, 0.4) is 0 Å². The minimum Gasteiger partial charge on any atom is -0.389 e. The van der Waals surface area contributed by atoms with E-state index in [9.17, 15) is 8.42 Å². The molecule has 0 heterocycles. The quantitative estimate of drug-likeness (QED) is 0.811. The third-order valence-electron chi connectivity index (χ3n) is 2.55. The van der Waals surface area contributed by atoms with E-state index in [1.54, 1.807) is 36.4 Å². The molecule has 4 nitrogen and oxygen atoms in total. The van der Waals surface area contributed by atoms with Crippen molar-refractivity contribution in [1.82, 2.24) is 0 Å². The van der Waals surface area contributed by atoms with Gasteiger partial charge in [0.25, 0.3) is 10.0 Å². The van der Waals surface area contributed by atoms with Gasteiger partial charge < -0.3 is 5.73 Å². The Hall–Kier alpha value is -1.44. The number of rotatable bonds is 4. The van der Waals surface area contributed by atoms with Crippen LogP contribution in [0.15, 0.2) is 57.9 Å². The Bertz CT molecular complexity index is 726. The largest absolute Gasteiger partial charge is 0.389 e. The second-order valence-corrected chi connectivity index (χ2v) is 7.04. The summed E-state index contributed by atoms with van der Waals surface area (Å²) >= 11 is 8.10. The van der Waals surface area contributed by atoms with Crippen molar-refractivity contribution in [2.75, 3.05) is 4.72 Å². The van der Waals surface area contributed by atoms with E-state index in [0.29, 0.717) is 11.3 Å². The maximum absolute atomic E-state index is 12.2. The van der Waals surface area contributed by atoms with Gasteiger partial charge in [-0.2, -0.15) is 0 Å². The second kappa shape index (κ2) is 5.90. The molecule has 0 unspecified atom stereocenters. The molecule has 104 valence electrons. The predicted octanol–water partition coefficient (Wildman–Crippen LogP) is 2.88. The Kier molecular flexibility index (Phi) is 4.42. The van der Waals surface area contributed by atoms with Crippen LogP contribution >= 0.6 is 28.1 Å². The van der Waals surface area contributed by atoms with Crippen LogP contribution in [0.4, 0.5) is 5.69 Å². The van der Waals surface area contributed by atoms with Crippen LogP contribution in [-0.2, 0) is 10.0 Å². The zero-order valence-corrected chi connectivity index (χ0v) is 13.4. The van der Waals surface area contributed by atoms with Crippen LogP contribution in [0.2, 0.25) is 0 Å². The smallest absolute Gasteiger partial charge is 0.261 e. The van der Waals surface area contributed by atoms with E-state index in [4.69, 9.17) is 18.0 Å². The molecule has 2 rings (SSSR count). The zero-order valence-electron chi connectivity index (χ0n) is 10.2. The fraction of sp³-hybridized carbons (Fsp3) is 0. The van der Waals surface area contributed by atoms with E-state index < -0.39 is 10.0 Å². The molecule has 0 aromatic heterocycles. The fourth-order valence-electron chi connectivity index (χ4n) is 1.53. The van der Waals surface area contributed by atoms with E-state index >= 15 is 0 Å². The van der Waals surface area contributed by atoms with Gasteiger partial charge in [0.15, 0.2) is 0 Å². The summed E-state index contributed by atoms with van der Waals surface area (Å²) in [6.07, 6.45) is 0. The number of thiocarbonyl (C=S) groups is 1. The second-order valence-electron chi connectivity index (χ2n) is 4.00. The van der Waals surface area contributed by atoms with Gasteiger partial charge >= 0.3 is 0 Å². The van der Waals surface area contributed by atoms with Crippen LogP contribution in [0.25, 0.3) is 0 Å². The molecule has 7 heteroatoms. The molecule has 0 saturated heterocycles. The van der Waals surface area contributed by atoms with Gasteiger partial charge in [0.05, 0.1) is 4.90 Å². The Balaban J connectivity index is 2.24. The number of nitrogens with one attached hydrogen (secondary N) is 1. The topological polar surface area (TPSA) is 72.2 Å². The highest BCUT2D eigenvalue weighted by molar-refractivity contribution is 9.10. The van der Waals surface area contributed by atoms with Crippen molar-refractivity contribution in [3.63, 3.8) is 0 Å². The Morgan fingerprint density at radius 2 is 1.60 bits per heavy atom. The predicted molar refractivity (Wildman–Crippen MR) is 87.3 cm³/mol. The molecule has 0 spiro atoms. The molecule has 0 radical (unpaired) electrons. The molecular weight excluding hydrogens is 360 g/mol. The normalized spacial score (nSPS) is 11.1. The Labute approximate surface area is 131 Å². The lowest BCUT2D eigenvalue weighted by Crippen LogP contribution is -2.13. The molecular formula is C13H11BrN2O2S2. The van der Waals surface area contributed by atoms with Crippen molar-refractivity contribution >= 4 is 48.8 Å². The third kappa shape index (κ3) is 3.56. The highest BCUT2D eigenvalue weighted by atomic mass is 79.9. The van der Waals surface area contributed by atoms with Crippen LogP contribution in [0, 0.1) is 0 Å². The Morgan fingerprint density at radius 3 is 2.10 bits per heavy atom. The molecule has 0 fully saturated rings. The summed E-state index contributed by atoms with van der Waals surface area (Å²) in [5.74, 6) is 0. The monoisotopic (exact) mass is 370 g/mol. The first-order chi connectivity index (χ1) is 9.38. The molecule has 2 aromatic carbocycles. The summed E-state index contributed by atoms with van der Waals surface area (Å²) in [6.45, 7) is 0. The molecule has 0 atom stereocenters. The summed E-state index contributed by atoms with van der Waals surface area (Å²) in [5, 5.41) is 0. The highest BCUT2D eigenvalue weighted by Gasteiger charge is 2.13. The van der Waals surface area contributed by atoms with Crippen molar-refractivity contribution in [3.8, 4) is 0 Å². The molecule has 0 aliphatic heterocycles. The molecule has 0 aliphatic rings. The summed E-state index contributed by atoms with van der Waals surface area (Å²) in [4.78, 5) is 0.464. The summed E-state index contributed by atoms with van der Waals surface area (Å²) in [5.41, 5.74) is 6.62. The van der Waals surface area contributed by atoms with E-state index in [2.05, 4.69) is 20.7 Å². The van der Waals surface area contributed by atoms with Gasteiger partial charge in [0.2, 0.25) is 0 Å². The summed E-state index contributed by atoms with van der Waals surface area (Å²) in [6, 6.07) is 13.0. The van der Waals surface area contributed by atoms with Gasteiger partial charge in [-0.25, -0.2) is 8.42 Å². The van der Waals surface area contributed by atoms with E-state index in [0.717, 1.165) is 4.47 Å². The zero-order chi connectivity index (χ0) is 14.8. The Morgan fingerprint density at radius 1 is 1.05 bits per heavy atom. The van der Waals surface area contributed by atoms with Crippen molar-refractivity contribution in [2.45, 2.75) is 4.90 Å². The first-order valence-electron chi connectivity index (χ1n) is 5.57. The van der Waals surface area contributed by atoms with Crippen molar-refractivity contribution in [2.24, 2.45) is 5.73 Å². The number of anilines is 1. The number of halogens is 1. The van der Waals surface area contributed by atoms with Crippen molar-refractivity contribution in [1.29, 1.82) is 0 Å². The fourth-order valence-corrected chi connectivity index (χ4v) is 2.99. The van der Waals surface area contributed by atoms with E-state index in [1.807, 2.05) is 0 Å². The number of sulfonamides is 1. The van der Waals surface area contributed by atoms with Gasteiger partial charge in [-0.05, 0) is 48.5 Å². The average Bonchev–Trinajstić information content (AvgIpc) is 2.39. The highest BCUT2D eigenvalue weighted by Crippen LogP contribution is 2.18. The summed E-state index contributed by atoms with van der Waals surface area (Å²) in [7, 11) is -3.60. The number of hydrogen-bond acceptors (Lipinski definition) is 3. The summed E-state index contributed by atoms with van der Waals surface area (Å²) < 4.78 is 27.6. The lowest BCUT2D eigenvalue weighted by atomic mass is 10.2. The molecule has 2 aromatic rings. The van der Waals surface area contributed by atoms with Gasteiger partial charge in [-0.15, -0.1) is 0 Å². The maximum Gasteiger partial charge on any atom is 0.261 e. The molecule has 0 amide bonds.